The van der Waals surface area contributed by atoms with Crippen molar-refractivity contribution in [2.45, 2.75) is 6.42 Å². The van der Waals surface area contributed by atoms with E-state index in [1.807, 2.05) is 0 Å². The molecule has 104 valence electrons. The molecule has 2 amide bonds. The number of carbonyl (C=O) groups excluding carboxylic acids is 2. The quantitative estimate of drug-likeness (QED) is 0.697. The van der Waals surface area contributed by atoms with Gasteiger partial charge in [0.2, 0.25) is 5.91 Å². The summed E-state index contributed by atoms with van der Waals surface area (Å²) in [6.07, 6.45) is 2.15. The van der Waals surface area contributed by atoms with Crippen LogP contribution in [0.3, 0.4) is 0 Å². The Kier molecular flexibility index (Phi) is 4.33. The lowest BCUT2D eigenvalue weighted by atomic mass is 10.1. The first-order valence-electron chi connectivity index (χ1n) is 6.35. The number of rotatable bonds is 2. The molecular weight excluding hydrogens is 256 g/mol. The molecule has 0 radical (unpaired) electrons. The molecule has 1 fully saturated rings. The standard InChI is InChI=1S/C14H16N4O2/c15-6-1-2-10-3-4-12(17-8-10)14(20)18-7-5-11(9-18)13(16)19/h3-4,8,11H,5-7,9,15H2,(H2,16,19). The molecule has 2 rings (SSSR count). The van der Waals surface area contributed by atoms with E-state index in [1.54, 1.807) is 17.0 Å². The van der Waals surface area contributed by atoms with Crippen molar-refractivity contribution >= 4 is 11.8 Å². The number of hydrogen-bond acceptors (Lipinski definition) is 4. The Hall–Kier alpha value is -2.39. The summed E-state index contributed by atoms with van der Waals surface area (Å²) in [5, 5.41) is 0. The van der Waals surface area contributed by atoms with Gasteiger partial charge in [-0.3, -0.25) is 9.59 Å². The smallest absolute Gasteiger partial charge is 0.272 e. The van der Waals surface area contributed by atoms with Gasteiger partial charge >= 0.3 is 0 Å². The molecule has 0 spiro atoms. The summed E-state index contributed by atoms with van der Waals surface area (Å²) in [6.45, 7) is 1.18. The van der Waals surface area contributed by atoms with Gasteiger partial charge in [-0.2, -0.15) is 0 Å². The van der Waals surface area contributed by atoms with Gasteiger partial charge in [0.1, 0.15) is 5.69 Å². The Bertz CT molecular complexity index is 571. The fourth-order valence-electron chi connectivity index (χ4n) is 2.09. The van der Waals surface area contributed by atoms with E-state index >= 15 is 0 Å². The zero-order chi connectivity index (χ0) is 14.5. The zero-order valence-corrected chi connectivity index (χ0v) is 11.0. The second kappa shape index (κ2) is 6.17. The Morgan fingerprint density at radius 2 is 2.25 bits per heavy atom. The van der Waals surface area contributed by atoms with E-state index in [1.165, 1.54) is 6.20 Å². The molecule has 20 heavy (non-hydrogen) atoms. The van der Waals surface area contributed by atoms with Crippen molar-refractivity contribution in [3.8, 4) is 11.8 Å². The lowest BCUT2D eigenvalue weighted by molar-refractivity contribution is -0.121. The highest BCUT2D eigenvalue weighted by molar-refractivity contribution is 5.93. The van der Waals surface area contributed by atoms with Crippen molar-refractivity contribution in [2.24, 2.45) is 17.4 Å². The molecule has 0 saturated carbocycles. The molecule has 1 aliphatic heterocycles. The molecule has 0 bridgehead atoms. The number of primary amides is 1. The first-order valence-corrected chi connectivity index (χ1v) is 6.35. The SMILES string of the molecule is NCC#Cc1ccc(C(=O)N2CCC(C(N)=O)C2)nc1. The topological polar surface area (TPSA) is 102 Å². The zero-order valence-electron chi connectivity index (χ0n) is 11.0. The van der Waals surface area contributed by atoms with Crippen LogP contribution >= 0.6 is 0 Å². The molecule has 1 aromatic rings. The van der Waals surface area contributed by atoms with Crippen LogP contribution in [0.15, 0.2) is 18.3 Å². The Labute approximate surface area is 117 Å². The minimum absolute atomic E-state index is 0.188. The third-order valence-corrected chi connectivity index (χ3v) is 3.20. The van der Waals surface area contributed by atoms with Crippen LogP contribution < -0.4 is 11.5 Å². The van der Waals surface area contributed by atoms with Gasteiger partial charge in [0.15, 0.2) is 0 Å². The molecule has 1 atom stereocenters. The fraction of sp³-hybridized carbons (Fsp3) is 0.357. The fourth-order valence-corrected chi connectivity index (χ4v) is 2.09. The molecule has 1 unspecified atom stereocenters. The van der Waals surface area contributed by atoms with Gasteiger partial charge in [-0.25, -0.2) is 4.98 Å². The molecule has 1 aliphatic rings. The van der Waals surface area contributed by atoms with Crippen molar-refractivity contribution in [1.29, 1.82) is 0 Å². The molecular formula is C14H16N4O2. The van der Waals surface area contributed by atoms with Gasteiger partial charge in [0.05, 0.1) is 12.5 Å². The summed E-state index contributed by atoms with van der Waals surface area (Å²) >= 11 is 0. The van der Waals surface area contributed by atoms with Crippen LogP contribution in [0.1, 0.15) is 22.5 Å². The summed E-state index contributed by atoms with van der Waals surface area (Å²) < 4.78 is 0. The van der Waals surface area contributed by atoms with Gasteiger partial charge < -0.3 is 16.4 Å². The van der Waals surface area contributed by atoms with Gasteiger partial charge in [0.25, 0.3) is 5.91 Å². The minimum atomic E-state index is -0.360. The number of pyridine rings is 1. The molecule has 1 aromatic heterocycles. The monoisotopic (exact) mass is 272 g/mol. The van der Waals surface area contributed by atoms with E-state index < -0.39 is 0 Å². The number of amides is 2. The number of nitrogens with two attached hydrogens (primary N) is 2. The van der Waals surface area contributed by atoms with Crippen molar-refractivity contribution in [3.63, 3.8) is 0 Å². The van der Waals surface area contributed by atoms with Crippen molar-refractivity contribution in [3.05, 3.63) is 29.6 Å². The van der Waals surface area contributed by atoms with Crippen LogP contribution in [0.4, 0.5) is 0 Å². The number of carbonyl (C=O) groups is 2. The number of nitrogens with zero attached hydrogens (tertiary/aromatic N) is 2. The lowest BCUT2D eigenvalue weighted by Crippen LogP contribution is -2.32. The van der Waals surface area contributed by atoms with Gasteiger partial charge in [0, 0.05) is 24.8 Å². The molecule has 6 nitrogen and oxygen atoms in total. The summed E-state index contributed by atoms with van der Waals surface area (Å²) in [6, 6.07) is 3.35. The predicted octanol–water partition coefficient (Wildman–Crippen LogP) is -0.661. The van der Waals surface area contributed by atoms with Crippen LogP contribution in [0.2, 0.25) is 0 Å². The lowest BCUT2D eigenvalue weighted by Gasteiger charge is -2.15. The first-order chi connectivity index (χ1) is 9.61. The second-order valence-electron chi connectivity index (χ2n) is 4.58. The van der Waals surface area contributed by atoms with Gasteiger partial charge in [-0.05, 0) is 18.6 Å². The normalized spacial score (nSPS) is 17.4. The molecule has 2 heterocycles. The Balaban J connectivity index is 2.05. The van der Waals surface area contributed by atoms with Crippen molar-refractivity contribution in [1.82, 2.24) is 9.88 Å². The minimum Gasteiger partial charge on any atom is -0.369 e. The van der Waals surface area contributed by atoms with Crippen LogP contribution in [-0.4, -0.2) is 41.3 Å². The number of aromatic nitrogens is 1. The van der Waals surface area contributed by atoms with E-state index in [0.717, 1.165) is 0 Å². The number of likely N-dealkylation sites (tertiary alicyclic amines) is 1. The molecule has 6 heteroatoms. The van der Waals surface area contributed by atoms with E-state index in [-0.39, 0.29) is 24.3 Å². The van der Waals surface area contributed by atoms with E-state index in [0.29, 0.717) is 30.8 Å². The average molecular weight is 272 g/mol. The van der Waals surface area contributed by atoms with Crippen molar-refractivity contribution < 1.29 is 9.59 Å². The number of hydrogen-bond donors (Lipinski definition) is 2. The molecule has 0 aromatic carbocycles. The molecule has 4 N–H and O–H groups in total. The highest BCUT2D eigenvalue weighted by Gasteiger charge is 2.30. The summed E-state index contributed by atoms with van der Waals surface area (Å²) in [5.41, 5.74) is 11.6. The summed E-state index contributed by atoms with van der Waals surface area (Å²) in [7, 11) is 0. The maximum Gasteiger partial charge on any atom is 0.272 e. The first kappa shape index (κ1) is 14.0. The van der Waals surface area contributed by atoms with E-state index in [4.69, 9.17) is 11.5 Å². The summed E-state index contributed by atoms with van der Waals surface area (Å²) in [5.74, 6) is 4.75. The Morgan fingerprint density at radius 3 is 2.80 bits per heavy atom. The third kappa shape index (κ3) is 3.13. The largest absolute Gasteiger partial charge is 0.369 e. The van der Waals surface area contributed by atoms with Gasteiger partial charge in [-0.15, -0.1) is 0 Å². The maximum absolute atomic E-state index is 12.2. The third-order valence-electron chi connectivity index (χ3n) is 3.20. The van der Waals surface area contributed by atoms with E-state index in [9.17, 15) is 9.59 Å². The highest BCUT2D eigenvalue weighted by atomic mass is 16.2. The molecule has 1 saturated heterocycles. The Morgan fingerprint density at radius 1 is 1.45 bits per heavy atom. The average Bonchev–Trinajstić information content (AvgIpc) is 2.95. The van der Waals surface area contributed by atoms with E-state index in [2.05, 4.69) is 16.8 Å². The van der Waals surface area contributed by atoms with Crippen LogP contribution in [0, 0.1) is 17.8 Å². The highest BCUT2D eigenvalue weighted by Crippen LogP contribution is 2.17. The maximum atomic E-state index is 12.2. The second-order valence-corrected chi connectivity index (χ2v) is 4.58. The van der Waals surface area contributed by atoms with Crippen LogP contribution in [0.5, 0.6) is 0 Å². The van der Waals surface area contributed by atoms with Crippen LogP contribution in [0.25, 0.3) is 0 Å². The summed E-state index contributed by atoms with van der Waals surface area (Å²) in [4.78, 5) is 29.0. The van der Waals surface area contributed by atoms with Gasteiger partial charge in [-0.1, -0.05) is 11.8 Å². The molecule has 0 aliphatic carbocycles. The van der Waals surface area contributed by atoms with Crippen molar-refractivity contribution in [2.75, 3.05) is 19.6 Å². The van der Waals surface area contributed by atoms with Crippen LogP contribution in [-0.2, 0) is 4.79 Å². The predicted molar refractivity (Wildman–Crippen MR) is 73.4 cm³/mol.